The van der Waals surface area contributed by atoms with E-state index in [0.717, 1.165) is 18.7 Å². The lowest BCUT2D eigenvalue weighted by Gasteiger charge is -2.20. The molecule has 0 amide bonds. The van der Waals surface area contributed by atoms with E-state index < -0.39 is 10.0 Å². The predicted octanol–water partition coefficient (Wildman–Crippen LogP) is 0.255. The number of likely N-dealkylation sites (tertiary alicyclic amines) is 1. The van der Waals surface area contributed by atoms with Crippen LogP contribution in [0.5, 0.6) is 0 Å². The number of imidazole rings is 1. The van der Waals surface area contributed by atoms with Crippen molar-refractivity contribution in [1.29, 1.82) is 0 Å². The Morgan fingerprint density at radius 2 is 1.96 bits per heavy atom. The van der Waals surface area contributed by atoms with Crippen molar-refractivity contribution in [1.82, 2.24) is 19.8 Å². The fraction of sp³-hybridized carbons (Fsp3) is 0.438. The maximum absolute atomic E-state index is 11.3. The van der Waals surface area contributed by atoms with Crippen molar-refractivity contribution >= 4 is 10.0 Å². The summed E-state index contributed by atoms with van der Waals surface area (Å²) in [6, 6.07) is 7.01. The summed E-state index contributed by atoms with van der Waals surface area (Å²) >= 11 is 0. The molecule has 1 aliphatic rings. The van der Waals surface area contributed by atoms with E-state index in [2.05, 4.69) is 26.8 Å². The maximum Gasteiger partial charge on any atom is 0.238 e. The van der Waals surface area contributed by atoms with Gasteiger partial charge in [0.15, 0.2) is 0 Å². The van der Waals surface area contributed by atoms with Crippen molar-refractivity contribution in [2.24, 2.45) is 12.2 Å². The van der Waals surface area contributed by atoms with E-state index in [1.165, 1.54) is 5.69 Å². The molecule has 1 saturated heterocycles. The van der Waals surface area contributed by atoms with Crippen LogP contribution >= 0.6 is 0 Å². The van der Waals surface area contributed by atoms with Crippen LogP contribution in [0, 0.1) is 0 Å². The Bertz CT molecular complexity index is 800. The van der Waals surface area contributed by atoms with Crippen molar-refractivity contribution < 1.29 is 8.42 Å². The lowest BCUT2D eigenvalue weighted by molar-refractivity contribution is 0.397. The van der Waals surface area contributed by atoms with Gasteiger partial charge < -0.3 is 14.8 Å². The van der Waals surface area contributed by atoms with Crippen molar-refractivity contribution in [3.63, 3.8) is 0 Å². The first-order valence-corrected chi connectivity index (χ1v) is 9.39. The largest absolute Gasteiger partial charge is 0.337 e. The first-order valence-electron chi connectivity index (χ1n) is 7.84. The summed E-state index contributed by atoms with van der Waals surface area (Å²) in [6.07, 6.45) is 3.76. The van der Waals surface area contributed by atoms with Gasteiger partial charge in [0.1, 0.15) is 0 Å². The molecule has 24 heavy (non-hydrogen) atoms. The molecule has 1 aromatic heterocycles. The van der Waals surface area contributed by atoms with E-state index in [-0.39, 0.29) is 4.90 Å². The van der Waals surface area contributed by atoms with Gasteiger partial charge in [0.05, 0.1) is 11.2 Å². The van der Waals surface area contributed by atoms with Crippen LogP contribution in [0.25, 0.3) is 0 Å². The molecule has 0 bridgehead atoms. The maximum atomic E-state index is 11.3. The van der Waals surface area contributed by atoms with Crippen LogP contribution in [0.3, 0.4) is 0 Å². The van der Waals surface area contributed by atoms with Crippen LogP contribution in [-0.2, 0) is 23.6 Å². The molecular weight excluding hydrogens is 326 g/mol. The molecule has 7 nitrogen and oxygen atoms in total. The van der Waals surface area contributed by atoms with Gasteiger partial charge in [-0.1, -0.05) is 12.1 Å². The van der Waals surface area contributed by atoms with Gasteiger partial charge in [0.25, 0.3) is 0 Å². The third-order valence-corrected chi connectivity index (χ3v) is 5.49. The Morgan fingerprint density at radius 3 is 2.54 bits per heavy atom. The quantitative estimate of drug-likeness (QED) is 0.807. The highest BCUT2D eigenvalue weighted by molar-refractivity contribution is 7.89. The second-order valence-electron chi connectivity index (χ2n) is 6.43. The monoisotopic (exact) mass is 349 g/mol. The van der Waals surface area contributed by atoms with Crippen LogP contribution in [-0.4, -0.2) is 49.0 Å². The Kier molecular flexibility index (Phi) is 4.73. The SMILES string of the molecule is CN1C[C@@H](NCc2ccc(S(N)(=O)=O)cc2)[C@H](c2cncn2C)C1. The fourth-order valence-electron chi connectivity index (χ4n) is 3.28. The molecule has 0 unspecified atom stereocenters. The number of aryl methyl sites for hydroxylation is 1. The second-order valence-corrected chi connectivity index (χ2v) is 7.99. The van der Waals surface area contributed by atoms with Crippen LogP contribution < -0.4 is 10.5 Å². The van der Waals surface area contributed by atoms with Crippen LogP contribution in [0.2, 0.25) is 0 Å². The first kappa shape index (κ1) is 17.1. The summed E-state index contributed by atoms with van der Waals surface area (Å²) < 4.78 is 24.7. The molecule has 3 N–H and O–H groups in total. The number of likely N-dealkylation sites (N-methyl/N-ethyl adjacent to an activating group) is 1. The number of nitrogens with one attached hydrogen (secondary N) is 1. The molecular formula is C16H23N5O2S. The average molecular weight is 349 g/mol. The summed E-state index contributed by atoms with van der Waals surface area (Å²) in [6.45, 7) is 2.63. The normalized spacial score (nSPS) is 22.1. The van der Waals surface area contributed by atoms with Crippen molar-refractivity contribution in [2.45, 2.75) is 23.4 Å². The molecule has 3 rings (SSSR count). The van der Waals surface area contributed by atoms with E-state index in [4.69, 9.17) is 5.14 Å². The summed E-state index contributed by atoms with van der Waals surface area (Å²) in [5.41, 5.74) is 2.25. The molecule has 2 heterocycles. The van der Waals surface area contributed by atoms with Crippen molar-refractivity contribution in [3.8, 4) is 0 Å². The molecule has 1 aromatic carbocycles. The Morgan fingerprint density at radius 1 is 1.25 bits per heavy atom. The second kappa shape index (κ2) is 6.64. The lowest BCUT2D eigenvalue weighted by Crippen LogP contribution is -2.35. The molecule has 1 aliphatic heterocycles. The fourth-order valence-corrected chi connectivity index (χ4v) is 3.79. The Labute approximate surface area is 142 Å². The number of benzene rings is 1. The van der Waals surface area contributed by atoms with Gasteiger partial charge >= 0.3 is 0 Å². The van der Waals surface area contributed by atoms with Crippen LogP contribution in [0.4, 0.5) is 0 Å². The molecule has 0 spiro atoms. The van der Waals surface area contributed by atoms with Gasteiger partial charge in [-0.05, 0) is 24.7 Å². The highest BCUT2D eigenvalue weighted by Crippen LogP contribution is 2.26. The van der Waals surface area contributed by atoms with E-state index >= 15 is 0 Å². The zero-order valence-corrected chi connectivity index (χ0v) is 14.7. The number of hydrogen-bond donors (Lipinski definition) is 2. The Balaban J connectivity index is 1.68. The van der Waals surface area contributed by atoms with E-state index in [0.29, 0.717) is 18.5 Å². The average Bonchev–Trinajstić information content (AvgIpc) is 3.10. The molecule has 130 valence electrons. The summed E-state index contributed by atoms with van der Waals surface area (Å²) in [5, 5.41) is 8.71. The minimum atomic E-state index is -3.64. The predicted molar refractivity (Wildman–Crippen MR) is 91.9 cm³/mol. The molecule has 0 aliphatic carbocycles. The smallest absolute Gasteiger partial charge is 0.238 e. The lowest BCUT2D eigenvalue weighted by atomic mass is 10.00. The van der Waals surface area contributed by atoms with Crippen molar-refractivity contribution in [2.75, 3.05) is 20.1 Å². The third kappa shape index (κ3) is 3.67. The summed E-state index contributed by atoms with van der Waals surface area (Å²) in [4.78, 5) is 6.67. The standard InChI is InChI=1S/C16H23N5O2S/c1-20-9-14(16-8-18-11-21(16)2)15(10-20)19-7-12-3-5-13(6-4-12)24(17,22)23/h3-6,8,11,14-15,19H,7,9-10H2,1-2H3,(H2,17,22,23)/t14-,15-/m1/s1. The number of rotatable bonds is 5. The zero-order valence-electron chi connectivity index (χ0n) is 13.9. The molecule has 0 saturated carbocycles. The van der Waals surface area contributed by atoms with E-state index in [9.17, 15) is 8.42 Å². The molecule has 0 radical (unpaired) electrons. The summed E-state index contributed by atoms with van der Waals surface area (Å²) in [5.74, 6) is 0.381. The number of nitrogens with two attached hydrogens (primary N) is 1. The van der Waals surface area contributed by atoms with Crippen LogP contribution in [0.15, 0.2) is 41.7 Å². The van der Waals surface area contributed by atoms with Gasteiger partial charge in [0, 0.05) is 50.5 Å². The van der Waals surface area contributed by atoms with Gasteiger partial charge in [0.2, 0.25) is 10.0 Å². The molecule has 2 aromatic rings. The van der Waals surface area contributed by atoms with Gasteiger partial charge in [-0.2, -0.15) is 0 Å². The van der Waals surface area contributed by atoms with Crippen molar-refractivity contribution in [3.05, 3.63) is 48.0 Å². The number of primary sulfonamides is 1. The number of aromatic nitrogens is 2. The topological polar surface area (TPSA) is 93.2 Å². The highest BCUT2D eigenvalue weighted by atomic mass is 32.2. The molecule has 1 fully saturated rings. The van der Waals surface area contributed by atoms with Gasteiger partial charge in [-0.25, -0.2) is 18.5 Å². The first-order chi connectivity index (χ1) is 11.3. The Hall–Kier alpha value is -1.74. The van der Waals surface area contributed by atoms with Gasteiger partial charge in [-0.15, -0.1) is 0 Å². The minimum Gasteiger partial charge on any atom is -0.337 e. The zero-order chi connectivity index (χ0) is 17.3. The summed E-state index contributed by atoms with van der Waals surface area (Å²) in [7, 11) is 0.497. The minimum absolute atomic E-state index is 0.139. The third-order valence-electron chi connectivity index (χ3n) is 4.56. The van der Waals surface area contributed by atoms with E-state index in [1.807, 2.05) is 19.6 Å². The van der Waals surface area contributed by atoms with Crippen LogP contribution in [0.1, 0.15) is 17.2 Å². The van der Waals surface area contributed by atoms with Gasteiger partial charge in [-0.3, -0.25) is 0 Å². The number of hydrogen-bond acceptors (Lipinski definition) is 5. The molecule has 8 heteroatoms. The molecule has 2 atom stereocenters. The number of sulfonamides is 1. The highest BCUT2D eigenvalue weighted by Gasteiger charge is 2.33. The van der Waals surface area contributed by atoms with E-state index in [1.54, 1.807) is 24.3 Å². The number of nitrogens with zero attached hydrogens (tertiary/aromatic N) is 3.